The third-order valence-corrected chi connectivity index (χ3v) is 3.75. The molecule has 1 aliphatic heterocycles. The SMILES string of the molecule is CN=C(NCC(=O)Nc1cccc(F)c1)N1CCN(C(C)=O)CC1. The Bertz CT molecular complexity index is 627. The van der Waals surface area contributed by atoms with E-state index in [0.29, 0.717) is 37.8 Å². The van der Waals surface area contributed by atoms with Crippen LogP contribution < -0.4 is 10.6 Å². The lowest BCUT2D eigenvalue weighted by Crippen LogP contribution is -2.54. The standard InChI is InChI=1S/C16H22FN5O2/c1-12(23)21-6-8-22(9-7-21)16(18-2)19-11-15(24)20-14-5-3-4-13(17)10-14/h3-5,10H,6-9,11H2,1-2H3,(H,18,19)(H,20,24). The van der Waals surface area contributed by atoms with Gasteiger partial charge in [-0.25, -0.2) is 4.39 Å². The first-order valence-electron chi connectivity index (χ1n) is 7.76. The van der Waals surface area contributed by atoms with Crippen LogP contribution >= 0.6 is 0 Å². The molecule has 1 saturated heterocycles. The molecule has 0 atom stereocenters. The number of carbonyl (C=O) groups is 2. The zero-order chi connectivity index (χ0) is 17.5. The predicted molar refractivity (Wildman–Crippen MR) is 90.2 cm³/mol. The van der Waals surface area contributed by atoms with Gasteiger partial charge in [-0.3, -0.25) is 14.6 Å². The lowest BCUT2D eigenvalue weighted by molar-refractivity contribution is -0.130. The maximum atomic E-state index is 13.1. The fraction of sp³-hybridized carbons (Fsp3) is 0.438. The molecule has 0 radical (unpaired) electrons. The molecular weight excluding hydrogens is 313 g/mol. The van der Waals surface area contributed by atoms with E-state index in [4.69, 9.17) is 0 Å². The number of nitrogens with one attached hydrogen (secondary N) is 2. The van der Waals surface area contributed by atoms with E-state index in [1.807, 2.05) is 4.90 Å². The van der Waals surface area contributed by atoms with Gasteiger partial charge in [0.05, 0.1) is 6.54 Å². The number of carbonyl (C=O) groups excluding carboxylic acids is 2. The number of nitrogens with zero attached hydrogens (tertiary/aromatic N) is 3. The Hall–Kier alpha value is -2.64. The van der Waals surface area contributed by atoms with Crippen LogP contribution in [-0.2, 0) is 9.59 Å². The Kier molecular flexibility index (Phi) is 6.11. The molecule has 0 aromatic heterocycles. The quantitative estimate of drug-likeness (QED) is 0.623. The molecule has 2 rings (SSSR count). The summed E-state index contributed by atoms with van der Waals surface area (Å²) in [6, 6.07) is 5.73. The molecule has 0 saturated carbocycles. The van der Waals surface area contributed by atoms with Crippen molar-refractivity contribution in [3.8, 4) is 0 Å². The molecule has 0 unspecified atom stereocenters. The maximum absolute atomic E-state index is 13.1. The van der Waals surface area contributed by atoms with Gasteiger partial charge in [0, 0.05) is 45.8 Å². The molecule has 0 spiro atoms. The van der Waals surface area contributed by atoms with Crippen LogP contribution in [0.5, 0.6) is 0 Å². The average Bonchev–Trinajstić information content (AvgIpc) is 2.56. The normalized spacial score (nSPS) is 15.2. The van der Waals surface area contributed by atoms with E-state index in [1.54, 1.807) is 24.9 Å². The lowest BCUT2D eigenvalue weighted by atomic mass is 10.3. The zero-order valence-electron chi connectivity index (χ0n) is 13.9. The van der Waals surface area contributed by atoms with Gasteiger partial charge in [-0.15, -0.1) is 0 Å². The molecule has 0 bridgehead atoms. The molecule has 2 amide bonds. The fourth-order valence-corrected chi connectivity index (χ4v) is 2.50. The predicted octanol–water partition coefficient (Wildman–Crippen LogP) is 0.504. The van der Waals surface area contributed by atoms with E-state index in [0.717, 1.165) is 0 Å². The second kappa shape index (κ2) is 8.28. The summed E-state index contributed by atoms with van der Waals surface area (Å²) in [6.07, 6.45) is 0. The summed E-state index contributed by atoms with van der Waals surface area (Å²) in [7, 11) is 1.64. The van der Waals surface area contributed by atoms with Crippen molar-refractivity contribution in [1.29, 1.82) is 0 Å². The lowest BCUT2D eigenvalue weighted by Gasteiger charge is -2.36. The van der Waals surface area contributed by atoms with Crippen LogP contribution in [-0.4, -0.2) is 67.3 Å². The molecule has 24 heavy (non-hydrogen) atoms. The number of guanidine groups is 1. The summed E-state index contributed by atoms with van der Waals surface area (Å²) < 4.78 is 13.1. The van der Waals surface area contributed by atoms with E-state index < -0.39 is 5.82 Å². The first-order chi connectivity index (χ1) is 11.5. The molecule has 1 heterocycles. The van der Waals surface area contributed by atoms with Crippen molar-refractivity contribution in [2.75, 3.05) is 45.1 Å². The first kappa shape index (κ1) is 17.7. The Balaban J connectivity index is 1.81. The summed E-state index contributed by atoms with van der Waals surface area (Å²) in [5, 5.41) is 5.60. The molecule has 8 heteroatoms. The summed E-state index contributed by atoms with van der Waals surface area (Å²) >= 11 is 0. The number of anilines is 1. The minimum absolute atomic E-state index is 0.0239. The molecule has 1 fully saturated rings. The van der Waals surface area contributed by atoms with Gasteiger partial charge in [0.2, 0.25) is 11.8 Å². The summed E-state index contributed by atoms with van der Waals surface area (Å²) in [5.41, 5.74) is 0.409. The van der Waals surface area contributed by atoms with Crippen molar-refractivity contribution < 1.29 is 14.0 Å². The van der Waals surface area contributed by atoms with Crippen molar-refractivity contribution >= 4 is 23.5 Å². The highest BCUT2D eigenvalue weighted by Gasteiger charge is 2.21. The fourth-order valence-electron chi connectivity index (χ4n) is 2.50. The highest BCUT2D eigenvalue weighted by atomic mass is 19.1. The van der Waals surface area contributed by atoms with E-state index in [-0.39, 0.29) is 18.4 Å². The van der Waals surface area contributed by atoms with Crippen LogP contribution in [0, 0.1) is 5.82 Å². The second-order valence-electron chi connectivity index (χ2n) is 5.45. The maximum Gasteiger partial charge on any atom is 0.243 e. The topological polar surface area (TPSA) is 77.0 Å². The van der Waals surface area contributed by atoms with E-state index in [9.17, 15) is 14.0 Å². The van der Waals surface area contributed by atoms with Gasteiger partial charge < -0.3 is 20.4 Å². The van der Waals surface area contributed by atoms with Crippen LogP contribution in [0.15, 0.2) is 29.3 Å². The number of halogens is 1. The van der Waals surface area contributed by atoms with Gasteiger partial charge in [0.25, 0.3) is 0 Å². The number of hydrogen-bond donors (Lipinski definition) is 2. The third-order valence-electron chi connectivity index (χ3n) is 3.75. The number of piperazine rings is 1. The Morgan fingerprint density at radius 3 is 2.46 bits per heavy atom. The van der Waals surface area contributed by atoms with Crippen LogP contribution in [0.3, 0.4) is 0 Å². The van der Waals surface area contributed by atoms with Crippen molar-refractivity contribution in [1.82, 2.24) is 15.1 Å². The van der Waals surface area contributed by atoms with Crippen LogP contribution in [0.25, 0.3) is 0 Å². The largest absolute Gasteiger partial charge is 0.347 e. The second-order valence-corrected chi connectivity index (χ2v) is 5.45. The molecule has 2 N–H and O–H groups in total. The van der Waals surface area contributed by atoms with E-state index in [1.165, 1.54) is 18.2 Å². The summed E-state index contributed by atoms with van der Waals surface area (Å²) in [4.78, 5) is 31.2. The van der Waals surface area contributed by atoms with Crippen molar-refractivity contribution in [3.05, 3.63) is 30.1 Å². The van der Waals surface area contributed by atoms with Crippen molar-refractivity contribution in [2.45, 2.75) is 6.92 Å². The number of benzene rings is 1. The Morgan fingerprint density at radius 2 is 1.88 bits per heavy atom. The van der Waals surface area contributed by atoms with Gasteiger partial charge in [-0.2, -0.15) is 0 Å². The Labute approximate surface area is 140 Å². The highest BCUT2D eigenvalue weighted by molar-refractivity contribution is 5.95. The van der Waals surface area contributed by atoms with Gasteiger partial charge in [-0.1, -0.05) is 6.07 Å². The van der Waals surface area contributed by atoms with Gasteiger partial charge in [-0.05, 0) is 18.2 Å². The molecule has 0 aliphatic carbocycles. The molecule has 130 valence electrons. The minimum atomic E-state index is -0.403. The molecule has 1 aromatic rings. The molecule has 1 aliphatic rings. The van der Waals surface area contributed by atoms with E-state index in [2.05, 4.69) is 15.6 Å². The van der Waals surface area contributed by atoms with Crippen molar-refractivity contribution in [2.24, 2.45) is 4.99 Å². The third kappa shape index (κ3) is 4.94. The Morgan fingerprint density at radius 1 is 1.21 bits per heavy atom. The molecule has 1 aromatic carbocycles. The smallest absolute Gasteiger partial charge is 0.243 e. The van der Waals surface area contributed by atoms with Crippen molar-refractivity contribution in [3.63, 3.8) is 0 Å². The van der Waals surface area contributed by atoms with Gasteiger partial charge in [0.1, 0.15) is 5.82 Å². The average molecular weight is 335 g/mol. The number of hydrogen-bond acceptors (Lipinski definition) is 3. The van der Waals surface area contributed by atoms with Gasteiger partial charge in [0.15, 0.2) is 5.96 Å². The van der Waals surface area contributed by atoms with E-state index >= 15 is 0 Å². The summed E-state index contributed by atoms with van der Waals surface area (Å²) in [6.45, 7) is 4.15. The number of rotatable bonds is 3. The summed E-state index contributed by atoms with van der Waals surface area (Å²) in [5.74, 6) is -0.0244. The molecular formula is C16H22FN5O2. The monoisotopic (exact) mass is 335 g/mol. The van der Waals surface area contributed by atoms with Crippen LogP contribution in [0.2, 0.25) is 0 Å². The molecule has 7 nitrogen and oxygen atoms in total. The zero-order valence-corrected chi connectivity index (χ0v) is 13.9. The minimum Gasteiger partial charge on any atom is -0.347 e. The van der Waals surface area contributed by atoms with Crippen LogP contribution in [0.1, 0.15) is 6.92 Å². The number of aliphatic imine (C=N–C) groups is 1. The van der Waals surface area contributed by atoms with Gasteiger partial charge >= 0.3 is 0 Å². The number of amides is 2. The van der Waals surface area contributed by atoms with Crippen LogP contribution in [0.4, 0.5) is 10.1 Å². The highest BCUT2D eigenvalue weighted by Crippen LogP contribution is 2.08. The first-order valence-corrected chi connectivity index (χ1v) is 7.76.